The molecule has 1 fully saturated rings. The van der Waals surface area contributed by atoms with Crippen molar-refractivity contribution in [3.05, 3.63) is 48.6 Å². The SMILES string of the molecule is C=CCN1CC(CC)NCC1Cc1ccccc1. The molecule has 2 heteroatoms. The van der Waals surface area contributed by atoms with E-state index in [1.165, 1.54) is 12.0 Å². The maximum atomic E-state index is 3.89. The molecule has 0 amide bonds. The summed E-state index contributed by atoms with van der Waals surface area (Å²) in [4.78, 5) is 2.56. The van der Waals surface area contributed by atoms with Crippen LogP contribution in [-0.2, 0) is 6.42 Å². The summed E-state index contributed by atoms with van der Waals surface area (Å²) in [5.74, 6) is 0. The van der Waals surface area contributed by atoms with E-state index in [9.17, 15) is 0 Å². The second-order valence-corrected chi connectivity index (χ2v) is 5.10. The smallest absolute Gasteiger partial charge is 0.0265 e. The summed E-state index contributed by atoms with van der Waals surface area (Å²) < 4.78 is 0. The first-order valence-electron chi connectivity index (χ1n) is 6.95. The van der Waals surface area contributed by atoms with Crippen molar-refractivity contribution >= 4 is 0 Å². The number of nitrogens with one attached hydrogen (secondary N) is 1. The fraction of sp³-hybridized carbons (Fsp3) is 0.500. The van der Waals surface area contributed by atoms with E-state index in [0.29, 0.717) is 12.1 Å². The maximum Gasteiger partial charge on any atom is 0.0265 e. The van der Waals surface area contributed by atoms with Crippen LogP contribution in [0.2, 0.25) is 0 Å². The fourth-order valence-corrected chi connectivity index (χ4v) is 2.68. The monoisotopic (exact) mass is 244 g/mol. The molecule has 1 aromatic rings. The highest BCUT2D eigenvalue weighted by Gasteiger charge is 2.25. The minimum absolute atomic E-state index is 0.591. The Morgan fingerprint density at radius 3 is 2.83 bits per heavy atom. The van der Waals surface area contributed by atoms with Gasteiger partial charge in [-0.1, -0.05) is 43.3 Å². The van der Waals surface area contributed by atoms with Gasteiger partial charge in [-0.15, -0.1) is 6.58 Å². The molecule has 1 aromatic carbocycles. The molecular weight excluding hydrogens is 220 g/mol. The molecule has 18 heavy (non-hydrogen) atoms. The Bertz CT molecular complexity index is 361. The third-order valence-corrected chi connectivity index (χ3v) is 3.78. The molecule has 2 rings (SSSR count). The molecule has 1 heterocycles. The lowest BCUT2D eigenvalue weighted by Gasteiger charge is -2.40. The van der Waals surface area contributed by atoms with Crippen LogP contribution in [0, 0.1) is 0 Å². The number of hydrogen-bond acceptors (Lipinski definition) is 2. The largest absolute Gasteiger partial charge is 0.311 e. The first-order valence-corrected chi connectivity index (χ1v) is 6.95. The number of piperazine rings is 1. The van der Waals surface area contributed by atoms with Gasteiger partial charge in [-0.25, -0.2) is 0 Å². The molecule has 2 atom stereocenters. The van der Waals surface area contributed by atoms with Gasteiger partial charge in [0, 0.05) is 31.7 Å². The van der Waals surface area contributed by atoms with Crippen molar-refractivity contribution in [3.63, 3.8) is 0 Å². The van der Waals surface area contributed by atoms with Crippen molar-refractivity contribution < 1.29 is 0 Å². The van der Waals surface area contributed by atoms with E-state index >= 15 is 0 Å². The van der Waals surface area contributed by atoms with E-state index in [0.717, 1.165) is 26.1 Å². The number of rotatable bonds is 5. The van der Waals surface area contributed by atoms with E-state index in [1.807, 2.05) is 6.08 Å². The highest BCUT2D eigenvalue weighted by atomic mass is 15.2. The van der Waals surface area contributed by atoms with Crippen LogP contribution >= 0.6 is 0 Å². The van der Waals surface area contributed by atoms with E-state index in [1.54, 1.807) is 0 Å². The highest BCUT2D eigenvalue weighted by Crippen LogP contribution is 2.14. The number of hydrogen-bond donors (Lipinski definition) is 1. The molecule has 1 N–H and O–H groups in total. The second-order valence-electron chi connectivity index (χ2n) is 5.10. The normalized spacial score (nSPS) is 24.9. The third kappa shape index (κ3) is 3.44. The van der Waals surface area contributed by atoms with Crippen molar-refractivity contribution in [2.45, 2.75) is 31.8 Å². The predicted molar refractivity (Wildman–Crippen MR) is 77.8 cm³/mol. The third-order valence-electron chi connectivity index (χ3n) is 3.78. The zero-order valence-corrected chi connectivity index (χ0v) is 11.3. The summed E-state index contributed by atoms with van der Waals surface area (Å²) in [6, 6.07) is 12.0. The molecule has 2 unspecified atom stereocenters. The highest BCUT2D eigenvalue weighted by molar-refractivity contribution is 5.16. The molecular formula is C16H24N2. The van der Waals surface area contributed by atoms with Gasteiger partial charge in [0.25, 0.3) is 0 Å². The van der Waals surface area contributed by atoms with Crippen molar-refractivity contribution in [2.75, 3.05) is 19.6 Å². The molecule has 0 spiro atoms. The first-order chi connectivity index (χ1) is 8.83. The Hall–Kier alpha value is -1.12. The Morgan fingerprint density at radius 1 is 1.39 bits per heavy atom. The van der Waals surface area contributed by atoms with Gasteiger partial charge < -0.3 is 5.32 Å². The van der Waals surface area contributed by atoms with Crippen molar-refractivity contribution in [3.8, 4) is 0 Å². The van der Waals surface area contributed by atoms with Gasteiger partial charge in [-0.2, -0.15) is 0 Å². The van der Waals surface area contributed by atoms with Crippen LogP contribution in [0.5, 0.6) is 0 Å². The summed E-state index contributed by atoms with van der Waals surface area (Å²) >= 11 is 0. The van der Waals surface area contributed by atoms with E-state index in [-0.39, 0.29) is 0 Å². The van der Waals surface area contributed by atoms with Gasteiger partial charge in [0.2, 0.25) is 0 Å². The molecule has 98 valence electrons. The Morgan fingerprint density at radius 2 is 2.17 bits per heavy atom. The lowest BCUT2D eigenvalue weighted by molar-refractivity contribution is 0.142. The van der Waals surface area contributed by atoms with E-state index < -0.39 is 0 Å². The quantitative estimate of drug-likeness (QED) is 0.801. The van der Waals surface area contributed by atoms with Crippen LogP contribution < -0.4 is 5.32 Å². The van der Waals surface area contributed by atoms with Crippen LogP contribution in [-0.4, -0.2) is 36.6 Å². The molecule has 1 aliphatic rings. The zero-order chi connectivity index (χ0) is 12.8. The standard InChI is InChI=1S/C16H24N2/c1-3-10-18-13-15(4-2)17-12-16(18)11-14-8-6-5-7-9-14/h3,5-9,15-17H,1,4,10-13H2,2H3. The number of nitrogens with zero attached hydrogens (tertiary/aromatic N) is 1. The average molecular weight is 244 g/mol. The van der Waals surface area contributed by atoms with Gasteiger partial charge in [0.1, 0.15) is 0 Å². The lowest BCUT2D eigenvalue weighted by Crippen LogP contribution is -2.56. The lowest BCUT2D eigenvalue weighted by atomic mass is 10.00. The van der Waals surface area contributed by atoms with E-state index in [2.05, 4.69) is 54.1 Å². The van der Waals surface area contributed by atoms with Gasteiger partial charge in [-0.3, -0.25) is 4.90 Å². The van der Waals surface area contributed by atoms with Gasteiger partial charge in [-0.05, 0) is 18.4 Å². The van der Waals surface area contributed by atoms with Crippen molar-refractivity contribution in [1.82, 2.24) is 10.2 Å². The minimum Gasteiger partial charge on any atom is -0.311 e. The number of benzene rings is 1. The molecule has 0 aromatic heterocycles. The summed E-state index contributed by atoms with van der Waals surface area (Å²) in [7, 11) is 0. The summed E-state index contributed by atoms with van der Waals surface area (Å²) in [6.45, 7) is 9.36. The molecule has 1 aliphatic heterocycles. The van der Waals surface area contributed by atoms with E-state index in [4.69, 9.17) is 0 Å². The topological polar surface area (TPSA) is 15.3 Å². The van der Waals surface area contributed by atoms with Crippen molar-refractivity contribution in [1.29, 1.82) is 0 Å². The van der Waals surface area contributed by atoms with Crippen LogP contribution in [0.4, 0.5) is 0 Å². The van der Waals surface area contributed by atoms with Crippen LogP contribution in [0.1, 0.15) is 18.9 Å². The van der Waals surface area contributed by atoms with Crippen LogP contribution in [0.3, 0.4) is 0 Å². The summed E-state index contributed by atoms with van der Waals surface area (Å²) in [6.07, 6.45) is 4.35. The molecule has 2 nitrogen and oxygen atoms in total. The van der Waals surface area contributed by atoms with Crippen LogP contribution in [0.15, 0.2) is 43.0 Å². The minimum atomic E-state index is 0.591. The van der Waals surface area contributed by atoms with Crippen molar-refractivity contribution in [2.24, 2.45) is 0 Å². The molecule has 0 saturated carbocycles. The predicted octanol–water partition coefficient (Wildman–Crippen LogP) is 2.47. The van der Waals surface area contributed by atoms with Crippen LogP contribution in [0.25, 0.3) is 0 Å². The summed E-state index contributed by atoms with van der Waals surface area (Å²) in [5.41, 5.74) is 1.42. The maximum absolute atomic E-state index is 3.89. The molecule has 0 bridgehead atoms. The van der Waals surface area contributed by atoms with Gasteiger partial charge >= 0.3 is 0 Å². The van der Waals surface area contributed by atoms with Gasteiger partial charge in [0.15, 0.2) is 0 Å². The first kappa shape index (κ1) is 13.3. The Kier molecular flexibility index (Phi) is 4.97. The zero-order valence-electron chi connectivity index (χ0n) is 11.3. The van der Waals surface area contributed by atoms with Gasteiger partial charge in [0.05, 0.1) is 0 Å². The Labute approximate surface area is 111 Å². The molecule has 1 saturated heterocycles. The molecule has 0 aliphatic carbocycles. The Balaban J connectivity index is 1.99. The summed E-state index contributed by atoms with van der Waals surface area (Å²) in [5, 5.41) is 3.65. The second kappa shape index (κ2) is 6.72. The molecule has 0 radical (unpaired) electrons. The fourth-order valence-electron chi connectivity index (χ4n) is 2.68. The average Bonchev–Trinajstić information content (AvgIpc) is 2.42.